The van der Waals surface area contributed by atoms with Crippen LogP contribution in [0.3, 0.4) is 0 Å². The molecule has 0 saturated heterocycles. The lowest BCUT2D eigenvalue weighted by Crippen LogP contribution is -2.10. The highest BCUT2D eigenvalue weighted by atomic mass is 35.5. The van der Waals surface area contributed by atoms with Crippen molar-refractivity contribution < 1.29 is 19.1 Å². The van der Waals surface area contributed by atoms with Crippen LogP contribution in [0.1, 0.15) is 30.1 Å². The van der Waals surface area contributed by atoms with Crippen LogP contribution in [0.4, 0.5) is 4.39 Å². The maximum absolute atomic E-state index is 13.0. The molecule has 1 aromatic rings. The lowest BCUT2D eigenvalue weighted by molar-refractivity contribution is -0.137. The van der Waals surface area contributed by atoms with Crippen molar-refractivity contribution >= 4 is 23.4 Å². The van der Waals surface area contributed by atoms with E-state index in [0.29, 0.717) is 0 Å². The maximum atomic E-state index is 13.0. The number of rotatable bonds is 5. The molecule has 5 heteroatoms. The molecule has 0 spiro atoms. The van der Waals surface area contributed by atoms with Crippen LogP contribution in [0.15, 0.2) is 18.2 Å². The van der Waals surface area contributed by atoms with Crippen LogP contribution >= 0.6 is 11.6 Å². The predicted molar refractivity (Wildman–Crippen MR) is 61.8 cm³/mol. The Morgan fingerprint density at radius 2 is 2.00 bits per heavy atom. The maximum Gasteiger partial charge on any atom is 0.303 e. The fourth-order valence-corrected chi connectivity index (χ4v) is 1.74. The van der Waals surface area contributed by atoms with Gasteiger partial charge in [-0.3, -0.25) is 9.59 Å². The van der Waals surface area contributed by atoms with Crippen LogP contribution in [0.5, 0.6) is 0 Å². The van der Waals surface area contributed by atoms with Gasteiger partial charge in [0.2, 0.25) is 0 Å². The third-order valence-corrected chi connectivity index (χ3v) is 2.46. The first-order valence-corrected chi connectivity index (χ1v) is 5.47. The van der Waals surface area contributed by atoms with Gasteiger partial charge in [-0.1, -0.05) is 18.5 Å². The Morgan fingerprint density at radius 3 is 2.53 bits per heavy atom. The predicted octanol–water partition coefficient (Wildman–Crippen LogP) is 3.16. The van der Waals surface area contributed by atoms with Crippen molar-refractivity contribution in [3.63, 3.8) is 0 Å². The second-order valence-electron chi connectivity index (χ2n) is 3.99. The van der Waals surface area contributed by atoms with Gasteiger partial charge in [-0.15, -0.1) is 0 Å². The molecule has 1 unspecified atom stereocenters. The van der Waals surface area contributed by atoms with E-state index in [1.807, 2.05) is 0 Å². The van der Waals surface area contributed by atoms with Gasteiger partial charge in [0.25, 0.3) is 0 Å². The topological polar surface area (TPSA) is 54.4 Å². The van der Waals surface area contributed by atoms with Crippen LogP contribution in [0.25, 0.3) is 0 Å². The quantitative estimate of drug-likeness (QED) is 0.826. The third kappa shape index (κ3) is 4.53. The smallest absolute Gasteiger partial charge is 0.303 e. The summed E-state index contributed by atoms with van der Waals surface area (Å²) in [6.07, 6.45) is -0.0269. The van der Waals surface area contributed by atoms with Crippen LogP contribution in [-0.4, -0.2) is 16.9 Å². The Labute approximate surface area is 103 Å². The fraction of sp³-hybridized carbons (Fsp3) is 0.333. The largest absolute Gasteiger partial charge is 0.481 e. The molecule has 0 saturated carbocycles. The molecule has 1 atom stereocenters. The highest BCUT2D eigenvalue weighted by Gasteiger charge is 2.15. The molecule has 17 heavy (non-hydrogen) atoms. The van der Waals surface area contributed by atoms with E-state index in [0.717, 1.165) is 12.1 Å². The summed E-state index contributed by atoms with van der Waals surface area (Å²) in [6, 6.07) is 3.58. The van der Waals surface area contributed by atoms with Gasteiger partial charge in [-0.25, -0.2) is 4.39 Å². The molecule has 0 fully saturated rings. The molecule has 0 radical (unpaired) electrons. The minimum atomic E-state index is -0.956. The molecule has 0 aromatic heterocycles. The highest BCUT2D eigenvalue weighted by Crippen LogP contribution is 2.18. The average Bonchev–Trinajstić information content (AvgIpc) is 2.14. The molecule has 0 heterocycles. The molecular formula is C12H12ClFO3. The van der Waals surface area contributed by atoms with Gasteiger partial charge in [0.1, 0.15) is 5.82 Å². The second-order valence-corrected chi connectivity index (χ2v) is 4.42. The van der Waals surface area contributed by atoms with E-state index in [1.54, 1.807) is 6.92 Å². The van der Waals surface area contributed by atoms with Gasteiger partial charge in [0, 0.05) is 23.4 Å². The summed E-state index contributed by atoms with van der Waals surface area (Å²) in [5.41, 5.74) is 0.173. The SMILES string of the molecule is CC(CC(=O)O)CC(=O)c1cc(F)cc(Cl)c1. The van der Waals surface area contributed by atoms with Crippen LogP contribution in [0.2, 0.25) is 5.02 Å². The zero-order valence-corrected chi connectivity index (χ0v) is 10.00. The first-order valence-electron chi connectivity index (χ1n) is 5.09. The van der Waals surface area contributed by atoms with Crippen molar-refractivity contribution in [3.8, 4) is 0 Å². The van der Waals surface area contributed by atoms with Crippen LogP contribution in [0, 0.1) is 11.7 Å². The fourth-order valence-electron chi connectivity index (χ4n) is 1.52. The standard InChI is InChI=1S/C12H12ClFO3/c1-7(3-12(16)17)2-11(15)8-4-9(13)6-10(14)5-8/h4-7H,2-3H2,1H3,(H,16,17). The van der Waals surface area contributed by atoms with Crippen molar-refractivity contribution in [2.45, 2.75) is 19.8 Å². The zero-order valence-electron chi connectivity index (χ0n) is 9.24. The summed E-state index contributed by atoms with van der Waals surface area (Å²) in [5, 5.41) is 8.72. The monoisotopic (exact) mass is 258 g/mol. The molecule has 0 amide bonds. The Hall–Kier alpha value is -1.42. The number of hydrogen-bond donors (Lipinski definition) is 1. The number of carbonyl (C=O) groups is 2. The summed E-state index contributed by atoms with van der Waals surface area (Å²) < 4.78 is 13.0. The molecule has 0 aliphatic carbocycles. The van der Waals surface area contributed by atoms with E-state index in [1.165, 1.54) is 6.07 Å². The number of Topliss-reactive ketones (excluding diaryl/α,β-unsaturated/α-hetero) is 1. The van der Waals surface area contributed by atoms with Crippen molar-refractivity contribution in [3.05, 3.63) is 34.6 Å². The number of carbonyl (C=O) groups excluding carboxylic acids is 1. The van der Waals surface area contributed by atoms with E-state index >= 15 is 0 Å². The third-order valence-electron chi connectivity index (χ3n) is 2.24. The molecular weight excluding hydrogens is 247 g/mol. The Balaban J connectivity index is 2.72. The summed E-state index contributed by atoms with van der Waals surface area (Å²) in [6.45, 7) is 1.66. The van der Waals surface area contributed by atoms with E-state index in [9.17, 15) is 14.0 Å². The number of hydrogen-bond acceptors (Lipinski definition) is 2. The lowest BCUT2D eigenvalue weighted by atomic mass is 9.97. The van der Waals surface area contributed by atoms with Gasteiger partial charge in [-0.05, 0) is 24.1 Å². The van der Waals surface area contributed by atoms with E-state index in [2.05, 4.69) is 0 Å². The number of halogens is 2. The highest BCUT2D eigenvalue weighted by molar-refractivity contribution is 6.31. The Bertz CT molecular complexity index is 425. The minimum Gasteiger partial charge on any atom is -0.481 e. The molecule has 1 aromatic carbocycles. The molecule has 1 N–H and O–H groups in total. The van der Waals surface area contributed by atoms with Gasteiger partial charge in [0.15, 0.2) is 5.78 Å². The Kier molecular flexibility index (Phi) is 4.63. The first-order chi connectivity index (χ1) is 7.88. The summed E-state index contributed by atoms with van der Waals surface area (Å²) in [5.74, 6) is -2.13. The molecule has 1 rings (SSSR count). The Morgan fingerprint density at radius 1 is 1.35 bits per heavy atom. The molecule has 0 aliphatic rings. The van der Waals surface area contributed by atoms with Crippen molar-refractivity contribution in [2.24, 2.45) is 5.92 Å². The number of benzene rings is 1. The van der Waals surface area contributed by atoms with E-state index in [-0.39, 0.29) is 35.1 Å². The van der Waals surface area contributed by atoms with Gasteiger partial charge < -0.3 is 5.11 Å². The van der Waals surface area contributed by atoms with Gasteiger partial charge in [0.05, 0.1) is 0 Å². The number of aliphatic carboxylic acids is 1. The molecule has 0 aliphatic heterocycles. The average molecular weight is 259 g/mol. The lowest BCUT2D eigenvalue weighted by Gasteiger charge is -2.07. The molecule has 92 valence electrons. The van der Waals surface area contributed by atoms with E-state index in [4.69, 9.17) is 16.7 Å². The number of carboxylic acid groups (broad SMARTS) is 1. The number of carboxylic acids is 1. The summed E-state index contributed by atoms with van der Waals surface area (Å²) in [4.78, 5) is 22.2. The molecule has 0 bridgehead atoms. The first kappa shape index (κ1) is 13.6. The normalized spacial score (nSPS) is 12.2. The zero-order chi connectivity index (χ0) is 13.0. The van der Waals surface area contributed by atoms with E-state index < -0.39 is 11.8 Å². The van der Waals surface area contributed by atoms with Crippen molar-refractivity contribution in [1.82, 2.24) is 0 Å². The van der Waals surface area contributed by atoms with Crippen LogP contribution < -0.4 is 0 Å². The van der Waals surface area contributed by atoms with Crippen molar-refractivity contribution in [2.75, 3.05) is 0 Å². The number of ketones is 1. The summed E-state index contributed by atoms with van der Waals surface area (Å²) in [7, 11) is 0. The van der Waals surface area contributed by atoms with Crippen LogP contribution in [-0.2, 0) is 4.79 Å². The van der Waals surface area contributed by atoms with Gasteiger partial charge >= 0.3 is 5.97 Å². The van der Waals surface area contributed by atoms with Crippen molar-refractivity contribution in [1.29, 1.82) is 0 Å². The van der Waals surface area contributed by atoms with Gasteiger partial charge in [-0.2, -0.15) is 0 Å². The minimum absolute atomic E-state index is 0.0616. The molecule has 3 nitrogen and oxygen atoms in total. The summed E-state index contributed by atoms with van der Waals surface area (Å²) >= 11 is 5.63. The second kappa shape index (κ2) is 5.77.